The molecule has 3 rings (SSSR count). The van der Waals surface area contributed by atoms with E-state index in [1.54, 1.807) is 20.4 Å². The van der Waals surface area contributed by atoms with Crippen LogP contribution in [-0.4, -0.2) is 33.2 Å². The SMILES string of the molecule is COc1ccc(CCNC(=O)/C(C#N)=C\N2CCc3ccccc32)cc1OC. The van der Waals surface area contributed by atoms with E-state index in [1.807, 2.05) is 47.4 Å². The van der Waals surface area contributed by atoms with Gasteiger partial charge in [-0.05, 0) is 42.2 Å². The van der Waals surface area contributed by atoms with Crippen LogP contribution in [0.4, 0.5) is 5.69 Å². The minimum atomic E-state index is -0.368. The Morgan fingerprint density at radius 3 is 2.75 bits per heavy atom. The summed E-state index contributed by atoms with van der Waals surface area (Å²) in [4.78, 5) is 14.4. The molecule has 1 amide bonds. The maximum absolute atomic E-state index is 12.4. The van der Waals surface area contributed by atoms with Crippen molar-refractivity contribution in [3.63, 3.8) is 0 Å². The molecular formula is C22H23N3O3. The molecule has 1 N–H and O–H groups in total. The normalized spacial score (nSPS) is 12.9. The largest absolute Gasteiger partial charge is 0.493 e. The molecule has 0 bridgehead atoms. The average Bonchev–Trinajstić information content (AvgIpc) is 3.14. The van der Waals surface area contributed by atoms with E-state index in [0.717, 1.165) is 24.2 Å². The van der Waals surface area contributed by atoms with Crippen molar-refractivity contribution in [3.8, 4) is 17.6 Å². The van der Waals surface area contributed by atoms with Gasteiger partial charge < -0.3 is 19.7 Å². The minimum absolute atomic E-state index is 0.101. The molecular weight excluding hydrogens is 354 g/mol. The minimum Gasteiger partial charge on any atom is -0.493 e. The van der Waals surface area contributed by atoms with Crippen LogP contribution in [0.5, 0.6) is 11.5 Å². The fourth-order valence-corrected chi connectivity index (χ4v) is 3.24. The van der Waals surface area contributed by atoms with Gasteiger partial charge in [-0.1, -0.05) is 24.3 Å². The number of nitrogens with zero attached hydrogens (tertiary/aromatic N) is 2. The Balaban J connectivity index is 1.60. The predicted octanol–water partition coefficient (Wildman–Crippen LogP) is 2.83. The Bertz CT molecular complexity index is 931. The molecule has 144 valence electrons. The van der Waals surface area contributed by atoms with Crippen LogP contribution in [0.2, 0.25) is 0 Å². The fourth-order valence-electron chi connectivity index (χ4n) is 3.24. The van der Waals surface area contributed by atoms with Crippen molar-refractivity contribution in [2.24, 2.45) is 0 Å². The number of nitriles is 1. The van der Waals surface area contributed by atoms with Crippen LogP contribution >= 0.6 is 0 Å². The lowest BCUT2D eigenvalue weighted by Crippen LogP contribution is -2.28. The summed E-state index contributed by atoms with van der Waals surface area (Å²) in [6, 6.07) is 15.7. The van der Waals surface area contributed by atoms with Gasteiger partial charge in [-0.3, -0.25) is 4.79 Å². The molecule has 0 aromatic heterocycles. The lowest BCUT2D eigenvalue weighted by molar-refractivity contribution is -0.117. The smallest absolute Gasteiger partial charge is 0.263 e. The van der Waals surface area contributed by atoms with Crippen molar-refractivity contribution < 1.29 is 14.3 Å². The molecule has 0 saturated heterocycles. The van der Waals surface area contributed by atoms with E-state index in [4.69, 9.17) is 9.47 Å². The summed E-state index contributed by atoms with van der Waals surface area (Å²) in [5, 5.41) is 12.2. The first-order valence-electron chi connectivity index (χ1n) is 9.12. The third-order valence-corrected chi connectivity index (χ3v) is 4.72. The maximum Gasteiger partial charge on any atom is 0.263 e. The first kappa shape index (κ1) is 19.3. The first-order chi connectivity index (χ1) is 13.7. The molecule has 0 unspecified atom stereocenters. The predicted molar refractivity (Wildman–Crippen MR) is 107 cm³/mol. The van der Waals surface area contributed by atoms with Gasteiger partial charge in [0.15, 0.2) is 11.5 Å². The van der Waals surface area contributed by atoms with Gasteiger partial charge in [0.05, 0.1) is 14.2 Å². The zero-order valence-corrected chi connectivity index (χ0v) is 16.1. The van der Waals surface area contributed by atoms with Crippen molar-refractivity contribution in [3.05, 3.63) is 65.4 Å². The topological polar surface area (TPSA) is 74.6 Å². The van der Waals surface area contributed by atoms with Gasteiger partial charge in [-0.15, -0.1) is 0 Å². The van der Waals surface area contributed by atoms with Crippen LogP contribution < -0.4 is 19.7 Å². The van der Waals surface area contributed by atoms with Crippen molar-refractivity contribution in [1.29, 1.82) is 5.26 Å². The van der Waals surface area contributed by atoms with Gasteiger partial charge in [-0.25, -0.2) is 0 Å². The monoisotopic (exact) mass is 377 g/mol. The molecule has 6 nitrogen and oxygen atoms in total. The Morgan fingerprint density at radius 2 is 2.00 bits per heavy atom. The molecule has 1 aliphatic rings. The van der Waals surface area contributed by atoms with Gasteiger partial charge in [0, 0.05) is 25.0 Å². The molecule has 6 heteroatoms. The standard InChI is InChI=1S/C22H23N3O3/c1-27-20-8-7-16(13-21(20)28-2)9-11-24-22(26)18(14-23)15-25-12-10-17-5-3-4-6-19(17)25/h3-8,13,15H,9-12H2,1-2H3,(H,24,26)/b18-15-. The molecule has 0 fully saturated rings. The van der Waals surface area contributed by atoms with Gasteiger partial charge in [-0.2, -0.15) is 5.26 Å². The van der Waals surface area contributed by atoms with Crippen LogP contribution in [0, 0.1) is 11.3 Å². The van der Waals surface area contributed by atoms with E-state index in [9.17, 15) is 10.1 Å². The van der Waals surface area contributed by atoms with E-state index in [2.05, 4.69) is 11.4 Å². The van der Waals surface area contributed by atoms with Crippen molar-refractivity contribution in [1.82, 2.24) is 5.32 Å². The highest BCUT2D eigenvalue weighted by Gasteiger charge is 2.19. The molecule has 0 atom stereocenters. The Kier molecular flexibility index (Phi) is 6.18. The molecule has 1 heterocycles. The summed E-state index contributed by atoms with van der Waals surface area (Å²) in [5.74, 6) is 0.944. The number of rotatable bonds is 7. The second-order valence-electron chi connectivity index (χ2n) is 6.42. The average molecular weight is 377 g/mol. The lowest BCUT2D eigenvalue weighted by atomic mass is 10.1. The van der Waals surface area contributed by atoms with Crippen LogP contribution in [0.3, 0.4) is 0 Å². The van der Waals surface area contributed by atoms with Gasteiger partial charge in [0.25, 0.3) is 5.91 Å². The zero-order chi connectivity index (χ0) is 19.9. The maximum atomic E-state index is 12.4. The van der Waals surface area contributed by atoms with Crippen LogP contribution in [-0.2, 0) is 17.6 Å². The van der Waals surface area contributed by atoms with Crippen LogP contribution in [0.25, 0.3) is 0 Å². The molecule has 0 saturated carbocycles. The zero-order valence-electron chi connectivity index (χ0n) is 16.1. The number of para-hydroxylation sites is 1. The quantitative estimate of drug-likeness (QED) is 0.593. The fraction of sp³-hybridized carbons (Fsp3) is 0.273. The van der Waals surface area contributed by atoms with E-state index in [0.29, 0.717) is 24.5 Å². The second kappa shape index (κ2) is 8.96. The Morgan fingerprint density at radius 1 is 1.21 bits per heavy atom. The number of carbonyl (C=O) groups is 1. The third-order valence-electron chi connectivity index (χ3n) is 4.72. The van der Waals surface area contributed by atoms with Crippen LogP contribution in [0.1, 0.15) is 11.1 Å². The molecule has 28 heavy (non-hydrogen) atoms. The number of carbonyl (C=O) groups excluding carboxylic acids is 1. The number of ether oxygens (including phenoxy) is 2. The molecule has 0 aliphatic carbocycles. The van der Waals surface area contributed by atoms with E-state index >= 15 is 0 Å². The molecule has 0 radical (unpaired) electrons. The van der Waals surface area contributed by atoms with E-state index in [-0.39, 0.29) is 11.5 Å². The highest BCUT2D eigenvalue weighted by atomic mass is 16.5. The van der Waals surface area contributed by atoms with Crippen molar-refractivity contribution in [2.75, 3.05) is 32.2 Å². The number of nitrogens with one attached hydrogen (secondary N) is 1. The summed E-state index contributed by atoms with van der Waals surface area (Å²) in [5.41, 5.74) is 3.39. The van der Waals surface area contributed by atoms with Gasteiger partial charge in [0.2, 0.25) is 0 Å². The van der Waals surface area contributed by atoms with E-state index < -0.39 is 0 Å². The number of fused-ring (bicyclic) bond motifs is 1. The highest BCUT2D eigenvalue weighted by Crippen LogP contribution is 2.28. The lowest BCUT2D eigenvalue weighted by Gasteiger charge is -2.14. The third kappa shape index (κ3) is 4.26. The number of methoxy groups -OCH3 is 2. The number of benzene rings is 2. The Labute approximate surface area is 165 Å². The Hall–Kier alpha value is -3.46. The summed E-state index contributed by atoms with van der Waals surface area (Å²) in [7, 11) is 3.18. The molecule has 2 aromatic rings. The molecule has 0 spiro atoms. The molecule has 1 aliphatic heterocycles. The highest BCUT2D eigenvalue weighted by molar-refractivity contribution is 5.97. The summed E-state index contributed by atoms with van der Waals surface area (Å²) in [6.45, 7) is 1.19. The number of hydrogen-bond donors (Lipinski definition) is 1. The van der Waals surface area contributed by atoms with Crippen molar-refractivity contribution in [2.45, 2.75) is 12.8 Å². The van der Waals surface area contributed by atoms with Crippen LogP contribution in [0.15, 0.2) is 54.2 Å². The summed E-state index contributed by atoms with van der Waals surface area (Å²) >= 11 is 0. The first-order valence-corrected chi connectivity index (χ1v) is 9.12. The number of hydrogen-bond acceptors (Lipinski definition) is 5. The number of amides is 1. The summed E-state index contributed by atoms with van der Waals surface area (Å²) in [6.07, 6.45) is 3.17. The molecule has 2 aromatic carbocycles. The van der Waals surface area contributed by atoms with Gasteiger partial charge in [0.1, 0.15) is 11.6 Å². The van der Waals surface area contributed by atoms with Crippen molar-refractivity contribution >= 4 is 11.6 Å². The van der Waals surface area contributed by atoms with Gasteiger partial charge >= 0.3 is 0 Å². The van der Waals surface area contributed by atoms with E-state index in [1.165, 1.54) is 5.56 Å². The summed E-state index contributed by atoms with van der Waals surface area (Å²) < 4.78 is 10.5. The number of anilines is 1. The second-order valence-corrected chi connectivity index (χ2v) is 6.42.